The Morgan fingerprint density at radius 2 is 1.86 bits per heavy atom. The van der Waals surface area contributed by atoms with E-state index in [0.717, 1.165) is 11.1 Å². The first kappa shape index (κ1) is 16.4. The fraction of sp³-hybridized carbons (Fsp3) is 0.278. The molecule has 2 aromatic rings. The molecule has 1 N–H and O–H groups in total. The maximum absolute atomic E-state index is 12.1. The van der Waals surface area contributed by atoms with Gasteiger partial charge in [0, 0.05) is 11.6 Å². The van der Waals surface area contributed by atoms with Crippen LogP contribution in [0.15, 0.2) is 42.5 Å². The van der Waals surface area contributed by atoms with Crippen molar-refractivity contribution in [3.63, 3.8) is 0 Å². The summed E-state index contributed by atoms with van der Waals surface area (Å²) in [5.74, 6) is 0.494. The second-order valence-electron chi connectivity index (χ2n) is 5.37. The number of benzene rings is 2. The molecule has 4 heteroatoms. The number of nitrogens with one attached hydrogen (secondary N) is 1. The number of rotatable bonds is 5. The summed E-state index contributed by atoms with van der Waals surface area (Å²) >= 11 is 5.97. The van der Waals surface area contributed by atoms with Gasteiger partial charge in [-0.2, -0.15) is 0 Å². The largest absolute Gasteiger partial charge is 0.481 e. The highest BCUT2D eigenvalue weighted by molar-refractivity contribution is 6.31. The van der Waals surface area contributed by atoms with Crippen LogP contribution in [0.1, 0.15) is 23.6 Å². The van der Waals surface area contributed by atoms with Gasteiger partial charge in [-0.25, -0.2) is 0 Å². The normalized spacial score (nSPS) is 11.8. The smallest absolute Gasteiger partial charge is 0.261 e. The Labute approximate surface area is 136 Å². The molecule has 0 aromatic heterocycles. The molecule has 0 aliphatic rings. The monoisotopic (exact) mass is 317 g/mol. The Kier molecular flexibility index (Phi) is 5.45. The first-order chi connectivity index (χ1) is 10.5. The average molecular weight is 318 g/mol. The van der Waals surface area contributed by atoms with Gasteiger partial charge in [0.15, 0.2) is 6.10 Å². The van der Waals surface area contributed by atoms with Crippen LogP contribution < -0.4 is 10.1 Å². The van der Waals surface area contributed by atoms with Gasteiger partial charge >= 0.3 is 0 Å². The summed E-state index contributed by atoms with van der Waals surface area (Å²) in [6, 6.07) is 13.4. The van der Waals surface area contributed by atoms with Crippen LogP contribution in [-0.4, -0.2) is 12.0 Å². The molecule has 0 spiro atoms. The minimum Gasteiger partial charge on any atom is -0.481 e. The summed E-state index contributed by atoms with van der Waals surface area (Å²) in [7, 11) is 0. The number of ether oxygens (including phenoxy) is 1. The summed E-state index contributed by atoms with van der Waals surface area (Å²) in [6.07, 6.45) is -0.564. The molecular formula is C18H20ClNO2. The van der Waals surface area contributed by atoms with Crippen LogP contribution in [0.25, 0.3) is 0 Å². The summed E-state index contributed by atoms with van der Waals surface area (Å²) in [5, 5.41) is 3.56. The molecule has 0 bridgehead atoms. The molecule has 1 atom stereocenters. The Morgan fingerprint density at radius 1 is 1.18 bits per heavy atom. The van der Waals surface area contributed by atoms with Gasteiger partial charge < -0.3 is 10.1 Å². The molecule has 1 amide bonds. The Balaban J connectivity index is 1.88. The van der Waals surface area contributed by atoms with Crippen molar-refractivity contribution in [3.8, 4) is 5.75 Å². The van der Waals surface area contributed by atoms with Gasteiger partial charge in [-0.1, -0.05) is 41.4 Å². The topological polar surface area (TPSA) is 38.3 Å². The summed E-state index contributed by atoms with van der Waals surface area (Å²) in [6.45, 7) is 6.16. The molecule has 2 rings (SSSR count). The lowest BCUT2D eigenvalue weighted by Gasteiger charge is -2.15. The molecule has 22 heavy (non-hydrogen) atoms. The molecule has 0 saturated carbocycles. The predicted molar refractivity (Wildman–Crippen MR) is 89.3 cm³/mol. The number of hydrogen-bond acceptors (Lipinski definition) is 2. The van der Waals surface area contributed by atoms with Gasteiger partial charge in [0.1, 0.15) is 5.75 Å². The van der Waals surface area contributed by atoms with Crippen LogP contribution in [0.2, 0.25) is 5.02 Å². The minimum atomic E-state index is -0.564. The van der Waals surface area contributed by atoms with Gasteiger partial charge in [-0.05, 0) is 50.1 Å². The van der Waals surface area contributed by atoms with Crippen LogP contribution in [0.3, 0.4) is 0 Å². The van der Waals surface area contributed by atoms with Crippen molar-refractivity contribution in [3.05, 3.63) is 64.2 Å². The first-order valence-corrected chi connectivity index (χ1v) is 7.59. The van der Waals surface area contributed by atoms with Crippen molar-refractivity contribution < 1.29 is 9.53 Å². The summed E-state index contributed by atoms with van der Waals surface area (Å²) in [5.41, 5.74) is 3.19. The standard InChI is InChI=1S/C18H20ClNO2/c1-12-4-6-15(7-5-12)11-20-18(21)14(3)22-16-8-9-17(19)13(2)10-16/h4-10,14H,11H2,1-3H3,(H,20,21)/t14-/m1/s1. The maximum Gasteiger partial charge on any atom is 0.261 e. The van der Waals surface area contributed by atoms with Gasteiger partial charge in [0.05, 0.1) is 0 Å². The van der Waals surface area contributed by atoms with E-state index in [-0.39, 0.29) is 5.91 Å². The van der Waals surface area contributed by atoms with Crippen molar-refractivity contribution in [1.82, 2.24) is 5.32 Å². The van der Waals surface area contributed by atoms with Crippen LogP contribution in [0.5, 0.6) is 5.75 Å². The Bertz CT molecular complexity index is 653. The number of carbonyl (C=O) groups is 1. The Morgan fingerprint density at radius 3 is 2.50 bits per heavy atom. The molecule has 0 saturated heterocycles. The van der Waals surface area contributed by atoms with E-state index in [0.29, 0.717) is 17.3 Å². The second-order valence-corrected chi connectivity index (χ2v) is 5.78. The van der Waals surface area contributed by atoms with E-state index >= 15 is 0 Å². The van der Waals surface area contributed by atoms with Gasteiger partial charge in [-0.3, -0.25) is 4.79 Å². The molecule has 3 nitrogen and oxygen atoms in total. The van der Waals surface area contributed by atoms with Crippen molar-refractivity contribution in [1.29, 1.82) is 0 Å². The van der Waals surface area contributed by atoms with E-state index in [1.165, 1.54) is 5.56 Å². The van der Waals surface area contributed by atoms with E-state index in [4.69, 9.17) is 16.3 Å². The quantitative estimate of drug-likeness (QED) is 0.903. The second kappa shape index (κ2) is 7.32. The van der Waals surface area contributed by atoms with Crippen molar-refractivity contribution in [2.75, 3.05) is 0 Å². The first-order valence-electron chi connectivity index (χ1n) is 7.22. The van der Waals surface area contributed by atoms with Crippen molar-refractivity contribution in [2.45, 2.75) is 33.4 Å². The van der Waals surface area contributed by atoms with E-state index in [2.05, 4.69) is 5.32 Å². The molecule has 0 radical (unpaired) electrons. The summed E-state index contributed by atoms with van der Waals surface area (Å²) < 4.78 is 5.65. The summed E-state index contributed by atoms with van der Waals surface area (Å²) in [4.78, 5) is 12.1. The average Bonchev–Trinajstić information content (AvgIpc) is 2.50. The van der Waals surface area contributed by atoms with Crippen LogP contribution in [-0.2, 0) is 11.3 Å². The molecule has 0 unspecified atom stereocenters. The highest BCUT2D eigenvalue weighted by Crippen LogP contribution is 2.21. The van der Waals surface area contributed by atoms with Crippen molar-refractivity contribution >= 4 is 17.5 Å². The van der Waals surface area contributed by atoms with Crippen LogP contribution in [0.4, 0.5) is 0 Å². The Hall–Kier alpha value is -2.00. The predicted octanol–water partition coefficient (Wildman–Crippen LogP) is 4.04. The van der Waals surface area contributed by atoms with E-state index < -0.39 is 6.10 Å². The van der Waals surface area contributed by atoms with Crippen molar-refractivity contribution in [2.24, 2.45) is 0 Å². The van der Waals surface area contributed by atoms with Gasteiger partial charge in [0.2, 0.25) is 0 Å². The van der Waals surface area contributed by atoms with E-state index in [1.807, 2.05) is 44.2 Å². The molecule has 0 heterocycles. The molecule has 0 fully saturated rings. The molecule has 2 aromatic carbocycles. The van der Waals surface area contributed by atoms with Crippen LogP contribution >= 0.6 is 11.6 Å². The minimum absolute atomic E-state index is 0.145. The van der Waals surface area contributed by atoms with Gasteiger partial charge in [-0.15, -0.1) is 0 Å². The lowest BCUT2D eigenvalue weighted by atomic mass is 10.1. The SMILES string of the molecule is Cc1ccc(CNC(=O)[C@@H](C)Oc2ccc(Cl)c(C)c2)cc1. The van der Waals surface area contributed by atoms with E-state index in [1.54, 1.807) is 19.1 Å². The maximum atomic E-state index is 12.1. The van der Waals surface area contributed by atoms with E-state index in [9.17, 15) is 4.79 Å². The molecule has 0 aliphatic heterocycles. The number of halogens is 1. The number of amides is 1. The molecular weight excluding hydrogens is 298 g/mol. The molecule has 0 aliphatic carbocycles. The highest BCUT2D eigenvalue weighted by Gasteiger charge is 2.14. The number of aryl methyl sites for hydroxylation is 2. The third-order valence-corrected chi connectivity index (χ3v) is 3.82. The number of hydrogen-bond donors (Lipinski definition) is 1. The zero-order chi connectivity index (χ0) is 16.1. The fourth-order valence-corrected chi connectivity index (χ4v) is 2.10. The highest BCUT2D eigenvalue weighted by atomic mass is 35.5. The zero-order valence-electron chi connectivity index (χ0n) is 13.0. The third kappa shape index (κ3) is 4.50. The van der Waals surface area contributed by atoms with Crippen LogP contribution in [0, 0.1) is 13.8 Å². The zero-order valence-corrected chi connectivity index (χ0v) is 13.8. The lowest BCUT2D eigenvalue weighted by molar-refractivity contribution is -0.127. The third-order valence-electron chi connectivity index (χ3n) is 3.40. The van der Waals surface area contributed by atoms with Gasteiger partial charge in [0.25, 0.3) is 5.91 Å². The fourth-order valence-electron chi connectivity index (χ4n) is 1.99. The number of carbonyl (C=O) groups excluding carboxylic acids is 1. The lowest BCUT2D eigenvalue weighted by Crippen LogP contribution is -2.35. The molecule has 116 valence electrons.